The summed E-state index contributed by atoms with van der Waals surface area (Å²) in [6.45, 7) is 0.653. The molecule has 3 nitrogen and oxygen atoms in total. The first kappa shape index (κ1) is 12.4. The van der Waals surface area contributed by atoms with Gasteiger partial charge in [0.25, 0.3) is 0 Å². The number of hydrogen-bond acceptors (Lipinski definition) is 3. The van der Waals surface area contributed by atoms with Gasteiger partial charge in [0.05, 0.1) is 13.5 Å². The van der Waals surface area contributed by atoms with Crippen molar-refractivity contribution in [2.75, 3.05) is 25.6 Å². The van der Waals surface area contributed by atoms with Gasteiger partial charge in [0.1, 0.15) is 0 Å². The summed E-state index contributed by atoms with van der Waals surface area (Å²) in [4.78, 5) is 13.2. The van der Waals surface area contributed by atoms with E-state index in [0.717, 1.165) is 5.69 Å². The summed E-state index contributed by atoms with van der Waals surface area (Å²) < 4.78 is 4.66. The normalized spacial score (nSPS) is 10.3. The lowest BCUT2D eigenvalue weighted by atomic mass is 10.1. The SMILES string of the molecule is COC(=O)CCN(C)c1cccc2ccccc12. The summed E-state index contributed by atoms with van der Waals surface area (Å²) in [6, 6.07) is 14.4. The lowest BCUT2D eigenvalue weighted by Crippen LogP contribution is -2.21. The molecule has 0 saturated carbocycles. The number of fused-ring (bicyclic) bond motifs is 1. The van der Waals surface area contributed by atoms with E-state index in [9.17, 15) is 4.79 Å². The van der Waals surface area contributed by atoms with E-state index in [1.807, 2.05) is 25.2 Å². The van der Waals surface area contributed by atoms with Crippen molar-refractivity contribution in [2.45, 2.75) is 6.42 Å². The summed E-state index contributed by atoms with van der Waals surface area (Å²) in [5.41, 5.74) is 1.14. The van der Waals surface area contributed by atoms with Crippen LogP contribution in [-0.4, -0.2) is 26.7 Å². The van der Waals surface area contributed by atoms with Crippen LogP contribution < -0.4 is 4.90 Å². The lowest BCUT2D eigenvalue weighted by molar-refractivity contribution is -0.140. The molecule has 0 amide bonds. The predicted octanol–water partition coefficient (Wildman–Crippen LogP) is 2.84. The molecule has 0 aliphatic rings. The first-order valence-corrected chi connectivity index (χ1v) is 5.98. The molecule has 0 aliphatic heterocycles. The van der Waals surface area contributed by atoms with Crippen molar-refractivity contribution in [3.8, 4) is 0 Å². The van der Waals surface area contributed by atoms with Gasteiger partial charge in [0.15, 0.2) is 0 Å². The second-order valence-electron chi connectivity index (χ2n) is 4.25. The van der Waals surface area contributed by atoms with E-state index >= 15 is 0 Å². The second-order valence-corrected chi connectivity index (χ2v) is 4.25. The highest BCUT2D eigenvalue weighted by molar-refractivity contribution is 5.94. The maximum absolute atomic E-state index is 11.2. The molecule has 2 rings (SSSR count). The quantitative estimate of drug-likeness (QED) is 0.773. The molecule has 0 aliphatic carbocycles. The zero-order chi connectivity index (χ0) is 13.0. The Hall–Kier alpha value is -2.03. The van der Waals surface area contributed by atoms with Gasteiger partial charge in [-0.1, -0.05) is 36.4 Å². The van der Waals surface area contributed by atoms with E-state index in [1.54, 1.807) is 0 Å². The summed E-state index contributed by atoms with van der Waals surface area (Å²) >= 11 is 0. The third-order valence-corrected chi connectivity index (χ3v) is 3.06. The Balaban J connectivity index is 2.22. The fourth-order valence-electron chi connectivity index (χ4n) is 2.02. The van der Waals surface area contributed by atoms with E-state index < -0.39 is 0 Å². The standard InChI is InChI=1S/C15H17NO2/c1-16(11-10-15(17)18-2)14-9-5-7-12-6-3-4-8-13(12)14/h3-9H,10-11H2,1-2H3. The Morgan fingerprint density at radius 1 is 1.17 bits per heavy atom. The summed E-state index contributed by atoms with van der Waals surface area (Å²) in [6.07, 6.45) is 0.399. The van der Waals surface area contributed by atoms with Crippen molar-refractivity contribution < 1.29 is 9.53 Å². The molecule has 0 aromatic heterocycles. The molecule has 0 atom stereocenters. The maximum atomic E-state index is 11.2. The van der Waals surface area contributed by atoms with Crippen molar-refractivity contribution in [1.29, 1.82) is 0 Å². The Kier molecular flexibility index (Phi) is 3.82. The number of carbonyl (C=O) groups is 1. The molecule has 94 valence electrons. The van der Waals surface area contributed by atoms with Gasteiger partial charge in [-0.05, 0) is 11.5 Å². The number of nitrogens with zero attached hydrogens (tertiary/aromatic N) is 1. The molecule has 18 heavy (non-hydrogen) atoms. The largest absolute Gasteiger partial charge is 0.469 e. The maximum Gasteiger partial charge on any atom is 0.307 e. The van der Waals surface area contributed by atoms with Crippen molar-refractivity contribution in [1.82, 2.24) is 0 Å². The van der Waals surface area contributed by atoms with Gasteiger partial charge >= 0.3 is 5.97 Å². The zero-order valence-electron chi connectivity index (χ0n) is 10.7. The number of benzene rings is 2. The zero-order valence-corrected chi connectivity index (χ0v) is 10.7. The van der Waals surface area contributed by atoms with E-state index in [0.29, 0.717) is 13.0 Å². The first-order chi connectivity index (χ1) is 8.72. The second kappa shape index (κ2) is 5.54. The highest BCUT2D eigenvalue weighted by atomic mass is 16.5. The van der Waals surface area contributed by atoms with Crippen molar-refractivity contribution in [3.05, 3.63) is 42.5 Å². The summed E-state index contributed by atoms with van der Waals surface area (Å²) in [5, 5.41) is 2.41. The van der Waals surface area contributed by atoms with Crippen LogP contribution in [-0.2, 0) is 9.53 Å². The smallest absolute Gasteiger partial charge is 0.307 e. The average molecular weight is 243 g/mol. The third-order valence-electron chi connectivity index (χ3n) is 3.06. The highest BCUT2D eigenvalue weighted by Gasteiger charge is 2.07. The van der Waals surface area contributed by atoms with Crippen molar-refractivity contribution in [3.63, 3.8) is 0 Å². The van der Waals surface area contributed by atoms with Gasteiger partial charge in [0, 0.05) is 24.7 Å². The van der Waals surface area contributed by atoms with Gasteiger partial charge in [-0.25, -0.2) is 0 Å². The van der Waals surface area contributed by atoms with Gasteiger partial charge in [-0.2, -0.15) is 0 Å². The van der Waals surface area contributed by atoms with Gasteiger partial charge in [0.2, 0.25) is 0 Å². The minimum atomic E-state index is -0.179. The topological polar surface area (TPSA) is 29.5 Å². The van der Waals surface area contributed by atoms with Crippen molar-refractivity contribution >= 4 is 22.4 Å². The van der Waals surface area contributed by atoms with E-state index in [2.05, 4.69) is 33.9 Å². The number of carbonyl (C=O) groups excluding carboxylic acids is 1. The van der Waals surface area contributed by atoms with Gasteiger partial charge in [-0.3, -0.25) is 4.79 Å². The molecular formula is C15H17NO2. The van der Waals surface area contributed by atoms with Crippen LogP contribution in [0.1, 0.15) is 6.42 Å². The van der Waals surface area contributed by atoms with Crippen molar-refractivity contribution in [2.24, 2.45) is 0 Å². The molecular weight excluding hydrogens is 226 g/mol. The molecule has 0 heterocycles. The van der Waals surface area contributed by atoms with Gasteiger partial charge in [-0.15, -0.1) is 0 Å². The van der Waals surface area contributed by atoms with Crippen LogP contribution in [0.3, 0.4) is 0 Å². The van der Waals surface area contributed by atoms with Crippen LogP contribution in [0.25, 0.3) is 10.8 Å². The molecule has 2 aromatic carbocycles. The lowest BCUT2D eigenvalue weighted by Gasteiger charge is -2.20. The molecule has 0 bridgehead atoms. The minimum Gasteiger partial charge on any atom is -0.469 e. The molecule has 3 heteroatoms. The van der Waals surface area contributed by atoms with E-state index in [1.165, 1.54) is 17.9 Å². The van der Waals surface area contributed by atoms with E-state index in [4.69, 9.17) is 0 Å². The van der Waals surface area contributed by atoms with Crippen LogP contribution in [0.5, 0.6) is 0 Å². The average Bonchev–Trinajstić information content (AvgIpc) is 2.43. The molecule has 0 unspecified atom stereocenters. The Bertz CT molecular complexity index is 546. The van der Waals surface area contributed by atoms with Crippen LogP contribution >= 0.6 is 0 Å². The molecule has 2 aromatic rings. The predicted molar refractivity (Wildman–Crippen MR) is 73.9 cm³/mol. The molecule has 0 spiro atoms. The molecule has 0 fully saturated rings. The van der Waals surface area contributed by atoms with Gasteiger partial charge < -0.3 is 9.64 Å². The Morgan fingerprint density at radius 3 is 2.67 bits per heavy atom. The summed E-state index contributed by atoms with van der Waals surface area (Å²) in [7, 11) is 3.41. The van der Waals surface area contributed by atoms with Crippen LogP contribution in [0.2, 0.25) is 0 Å². The van der Waals surface area contributed by atoms with E-state index in [-0.39, 0.29) is 5.97 Å². The fraction of sp³-hybridized carbons (Fsp3) is 0.267. The van der Waals surface area contributed by atoms with Crippen LogP contribution in [0.4, 0.5) is 5.69 Å². The first-order valence-electron chi connectivity index (χ1n) is 5.98. The number of esters is 1. The molecule has 0 saturated heterocycles. The van der Waals surface area contributed by atoms with Crippen LogP contribution in [0.15, 0.2) is 42.5 Å². The minimum absolute atomic E-state index is 0.179. The number of hydrogen-bond donors (Lipinski definition) is 0. The fourth-order valence-corrected chi connectivity index (χ4v) is 2.02. The monoisotopic (exact) mass is 243 g/mol. The number of rotatable bonds is 4. The highest BCUT2D eigenvalue weighted by Crippen LogP contribution is 2.25. The third kappa shape index (κ3) is 2.62. The Labute approximate surface area is 107 Å². The van der Waals surface area contributed by atoms with Crippen LogP contribution in [0, 0.1) is 0 Å². The number of ether oxygens (including phenoxy) is 1. The Morgan fingerprint density at radius 2 is 1.89 bits per heavy atom. The molecule has 0 N–H and O–H groups in total. The number of methoxy groups -OCH3 is 1. The number of anilines is 1. The molecule has 0 radical (unpaired) electrons. The summed E-state index contributed by atoms with van der Waals surface area (Å²) in [5.74, 6) is -0.179.